The monoisotopic (exact) mass is 317 g/mol. The zero-order valence-electron chi connectivity index (χ0n) is 15.3. The van der Waals surface area contributed by atoms with Crippen molar-refractivity contribution in [1.29, 1.82) is 0 Å². The van der Waals surface area contributed by atoms with Crippen LogP contribution in [-0.4, -0.2) is 29.6 Å². The van der Waals surface area contributed by atoms with Crippen LogP contribution in [-0.2, 0) is 9.31 Å². The molecule has 1 aliphatic carbocycles. The van der Waals surface area contributed by atoms with E-state index in [1.807, 2.05) is 34.6 Å². The van der Waals surface area contributed by atoms with E-state index in [-0.39, 0.29) is 11.2 Å². The molecule has 0 radical (unpaired) electrons. The van der Waals surface area contributed by atoms with E-state index in [1.54, 1.807) is 6.92 Å². The Bertz CT molecular complexity index is 695. The summed E-state index contributed by atoms with van der Waals surface area (Å²) in [6.07, 6.45) is 1.48. The second kappa shape index (κ2) is 4.47. The summed E-state index contributed by atoms with van der Waals surface area (Å²) < 4.78 is 27.0. The SMILES string of the molecule is CC1=NC2(C)C(=C=C(B3OC(C)(C)C(C)(C)O3)C=C2F)C1(C)C. The predicted octanol–water partition coefficient (Wildman–Crippen LogP) is 4.20. The summed E-state index contributed by atoms with van der Waals surface area (Å²) in [5.74, 6) is -0.277. The minimum absolute atomic E-state index is 0.277. The second-order valence-electron chi connectivity index (χ2n) is 8.43. The third kappa shape index (κ3) is 2.14. The largest absolute Gasteiger partial charge is 0.503 e. The van der Waals surface area contributed by atoms with Crippen LogP contribution in [0.4, 0.5) is 4.39 Å². The zero-order valence-corrected chi connectivity index (χ0v) is 15.3. The van der Waals surface area contributed by atoms with Gasteiger partial charge in [-0.25, -0.2) is 4.39 Å². The third-order valence-corrected chi connectivity index (χ3v) is 5.93. The van der Waals surface area contributed by atoms with Crippen molar-refractivity contribution in [1.82, 2.24) is 0 Å². The highest BCUT2D eigenvalue weighted by Gasteiger charge is 2.55. The molecule has 0 N–H and O–H groups in total. The van der Waals surface area contributed by atoms with Crippen LogP contribution in [0.2, 0.25) is 0 Å². The topological polar surface area (TPSA) is 30.8 Å². The molecule has 2 heterocycles. The number of rotatable bonds is 1. The molecule has 124 valence electrons. The van der Waals surface area contributed by atoms with Gasteiger partial charge in [0.2, 0.25) is 0 Å². The summed E-state index contributed by atoms with van der Waals surface area (Å²) in [5.41, 5.74) is 3.55. The molecule has 3 aliphatic rings. The predicted molar refractivity (Wildman–Crippen MR) is 91.1 cm³/mol. The lowest BCUT2D eigenvalue weighted by molar-refractivity contribution is 0.00578. The van der Waals surface area contributed by atoms with Gasteiger partial charge in [0.05, 0.1) is 11.2 Å². The number of allylic oxidation sites excluding steroid dienone is 1. The maximum atomic E-state index is 14.9. The van der Waals surface area contributed by atoms with Gasteiger partial charge in [0.25, 0.3) is 0 Å². The molecule has 1 unspecified atom stereocenters. The Balaban J connectivity index is 2.11. The maximum absolute atomic E-state index is 14.9. The Labute approximate surface area is 138 Å². The fraction of sp³-hybridized carbons (Fsp3) is 0.667. The van der Waals surface area contributed by atoms with Crippen molar-refractivity contribution in [3.05, 3.63) is 28.7 Å². The van der Waals surface area contributed by atoms with Crippen LogP contribution in [0, 0.1) is 5.41 Å². The maximum Gasteiger partial charge on any atom is 0.503 e. The van der Waals surface area contributed by atoms with E-state index >= 15 is 0 Å². The molecule has 0 spiro atoms. The first-order chi connectivity index (χ1) is 10.3. The lowest BCUT2D eigenvalue weighted by Gasteiger charge is -2.32. The van der Waals surface area contributed by atoms with Gasteiger partial charge in [-0.3, -0.25) is 4.99 Å². The van der Waals surface area contributed by atoms with Crippen LogP contribution in [0.25, 0.3) is 0 Å². The fourth-order valence-corrected chi connectivity index (χ4v) is 3.33. The number of hydrogen-bond donors (Lipinski definition) is 0. The van der Waals surface area contributed by atoms with Gasteiger partial charge in [0, 0.05) is 22.2 Å². The van der Waals surface area contributed by atoms with Crippen LogP contribution in [0.3, 0.4) is 0 Å². The molecule has 1 fully saturated rings. The molecule has 0 saturated carbocycles. The van der Waals surface area contributed by atoms with Gasteiger partial charge < -0.3 is 9.31 Å². The summed E-state index contributed by atoms with van der Waals surface area (Å²) in [7, 11) is -0.612. The third-order valence-electron chi connectivity index (χ3n) is 5.93. The van der Waals surface area contributed by atoms with Crippen molar-refractivity contribution in [3.63, 3.8) is 0 Å². The Morgan fingerprint density at radius 3 is 2.09 bits per heavy atom. The molecule has 2 aliphatic heterocycles. The molecule has 0 aromatic heterocycles. The number of aliphatic imine (C=N–C) groups is 1. The molecule has 1 atom stereocenters. The first kappa shape index (κ1) is 16.7. The Morgan fingerprint density at radius 2 is 1.57 bits per heavy atom. The van der Waals surface area contributed by atoms with Crippen molar-refractivity contribution in [2.45, 2.75) is 72.1 Å². The summed E-state index contributed by atoms with van der Waals surface area (Å²) >= 11 is 0. The number of fused-ring (bicyclic) bond motifs is 1. The molecule has 0 aromatic carbocycles. The van der Waals surface area contributed by atoms with E-state index in [0.29, 0.717) is 5.47 Å². The Morgan fingerprint density at radius 1 is 1.04 bits per heavy atom. The van der Waals surface area contributed by atoms with E-state index < -0.39 is 23.9 Å². The number of nitrogens with zero attached hydrogens (tertiary/aromatic N) is 1. The Hall–Kier alpha value is -1.16. The average molecular weight is 317 g/mol. The van der Waals surface area contributed by atoms with Crippen molar-refractivity contribution in [2.24, 2.45) is 10.4 Å². The highest BCUT2D eigenvalue weighted by atomic mass is 19.1. The molecule has 3 nitrogen and oxygen atoms in total. The average Bonchev–Trinajstić information content (AvgIpc) is 2.71. The van der Waals surface area contributed by atoms with Crippen molar-refractivity contribution in [2.75, 3.05) is 0 Å². The molecular weight excluding hydrogens is 292 g/mol. The zero-order chi connectivity index (χ0) is 17.4. The van der Waals surface area contributed by atoms with Gasteiger partial charge in [-0.1, -0.05) is 13.8 Å². The first-order valence-electron chi connectivity index (χ1n) is 8.13. The van der Waals surface area contributed by atoms with E-state index in [9.17, 15) is 4.39 Å². The van der Waals surface area contributed by atoms with Crippen molar-refractivity contribution >= 4 is 12.8 Å². The van der Waals surface area contributed by atoms with E-state index in [2.05, 4.69) is 24.6 Å². The molecule has 0 amide bonds. The lowest BCUT2D eigenvalue weighted by Crippen LogP contribution is -2.41. The lowest BCUT2D eigenvalue weighted by atomic mass is 9.68. The van der Waals surface area contributed by atoms with Gasteiger partial charge in [0.15, 0.2) is 0 Å². The van der Waals surface area contributed by atoms with Crippen LogP contribution < -0.4 is 0 Å². The molecule has 5 heteroatoms. The summed E-state index contributed by atoms with van der Waals surface area (Å²) in [6.45, 7) is 15.8. The highest BCUT2D eigenvalue weighted by Crippen LogP contribution is 2.50. The molecule has 3 rings (SSSR count). The smallest absolute Gasteiger partial charge is 0.399 e. The van der Waals surface area contributed by atoms with Gasteiger partial charge in [-0.15, -0.1) is 5.73 Å². The van der Waals surface area contributed by atoms with Crippen molar-refractivity contribution < 1.29 is 13.7 Å². The highest BCUT2D eigenvalue weighted by molar-refractivity contribution is 6.55. The van der Waals surface area contributed by atoms with Crippen molar-refractivity contribution in [3.8, 4) is 0 Å². The van der Waals surface area contributed by atoms with Crippen LogP contribution >= 0.6 is 0 Å². The van der Waals surface area contributed by atoms with Gasteiger partial charge in [-0.05, 0) is 47.6 Å². The van der Waals surface area contributed by atoms with Gasteiger partial charge >= 0.3 is 7.12 Å². The molecule has 0 aromatic rings. The minimum atomic E-state index is -0.944. The number of halogens is 1. The van der Waals surface area contributed by atoms with Gasteiger partial charge in [0.1, 0.15) is 11.4 Å². The summed E-state index contributed by atoms with van der Waals surface area (Å²) in [4.78, 5) is 4.57. The van der Waals surface area contributed by atoms with Gasteiger partial charge in [-0.2, -0.15) is 0 Å². The minimum Gasteiger partial charge on any atom is -0.399 e. The molecule has 1 saturated heterocycles. The quantitative estimate of drug-likeness (QED) is 0.536. The van der Waals surface area contributed by atoms with E-state index in [0.717, 1.165) is 11.3 Å². The molecule has 0 bridgehead atoms. The van der Waals surface area contributed by atoms with Crippen LogP contribution in [0.5, 0.6) is 0 Å². The Kier molecular flexibility index (Phi) is 3.25. The standard InChI is InChI=1S/C18H25BFNO2/c1-11-15(2,3)13-9-12(10-14(20)18(13,8)21-11)19-22-16(4,5)17(6,7)23-19/h10H,1-8H3. The van der Waals surface area contributed by atoms with Crippen LogP contribution in [0.1, 0.15) is 55.4 Å². The van der Waals surface area contributed by atoms with Crippen LogP contribution in [0.15, 0.2) is 33.7 Å². The first-order valence-corrected chi connectivity index (χ1v) is 8.13. The fourth-order valence-electron chi connectivity index (χ4n) is 3.33. The normalized spacial score (nSPS) is 33.7. The summed E-state index contributed by atoms with van der Waals surface area (Å²) in [6, 6.07) is 0. The molecular formula is C18H25BFNO2. The summed E-state index contributed by atoms with van der Waals surface area (Å²) in [5, 5.41) is 0. The van der Waals surface area contributed by atoms with E-state index in [4.69, 9.17) is 9.31 Å². The molecule has 23 heavy (non-hydrogen) atoms. The van der Waals surface area contributed by atoms with E-state index in [1.165, 1.54) is 6.08 Å². The second-order valence-corrected chi connectivity index (χ2v) is 8.43. The number of hydrogen-bond acceptors (Lipinski definition) is 3.